The van der Waals surface area contributed by atoms with E-state index in [1.54, 1.807) is 6.08 Å². The fraction of sp³-hybridized carbons (Fsp3) is 0.500. The van der Waals surface area contributed by atoms with Crippen molar-refractivity contribution in [2.45, 2.75) is 5.06 Å². The molecule has 2 N–H and O–H groups in total. The van der Waals surface area contributed by atoms with Gasteiger partial charge < -0.3 is 5.11 Å². The highest BCUT2D eigenvalue weighted by molar-refractivity contribution is 7.81. The molecule has 1 unspecified atom stereocenters. The van der Waals surface area contributed by atoms with Crippen LogP contribution in [0.5, 0.6) is 0 Å². The third-order valence-electron chi connectivity index (χ3n) is 1.03. The van der Waals surface area contributed by atoms with Gasteiger partial charge in [-0.2, -0.15) is 0 Å². The van der Waals surface area contributed by atoms with Gasteiger partial charge in [0.1, 0.15) is 0 Å². The van der Waals surface area contributed by atoms with E-state index in [9.17, 15) is 0 Å². The van der Waals surface area contributed by atoms with Crippen LogP contribution in [0.3, 0.4) is 0 Å². The van der Waals surface area contributed by atoms with Crippen LogP contribution < -0.4 is 0 Å². The molecule has 0 aromatic heterocycles. The first-order valence-corrected chi connectivity index (χ1v) is 2.69. The molecule has 0 bridgehead atoms. The molecule has 0 fully saturated rings. The fourth-order valence-electron chi connectivity index (χ4n) is 0.541. The van der Waals surface area contributed by atoms with Gasteiger partial charge in [0.25, 0.3) is 0 Å². The SMILES string of the molecule is N=[N+]1CC=CC1(O)S. The van der Waals surface area contributed by atoms with Crippen molar-refractivity contribution in [1.29, 1.82) is 5.53 Å². The summed E-state index contributed by atoms with van der Waals surface area (Å²) in [4.78, 5) is 0. The Kier molecular flexibility index (Phi) is 1.13. The summed E-state index contributed by atoms with van der Waals surface area (Å²) in [6.07, 6.45) is 3.17. The Morgan fingerprint density at radius 3 is 2.62 bits per heavy atom. The molecular formula is C4H7N2OS+. The molecule has 1 atom stereocenters. The number of rotatable bonds is 0. The summed E-state index contributed by atoms with van der Waals surface area (Å²) in [6, 6.07) is 0. The quantitative estimate of drug-likeness (QED) is 0.187. The van der Waals surface area contributed by atoms with E-state index in [1.165, 1.54) is 6.08 Å². The monoisotopic (exact) mass is 131 g/mol. The van der Waals surface area contributed by atoms with Gasteiger partial charge in [-0.3, -0.25) is 0 Å². The Hall–Kier alpha value is -0.350. The lowest BCUT2D eigenvalue weighted by Crippen LogP contribution is -2.27. The van der Waals surface area contributed by atoms with E-state index in [4.69, 9.17) is 10.6 Å². The largest absolute Gasteiger partial charge is 0.355 e. The van der Waals surface area contributed by atoms with Gasteiger partial charge in [-0.25, -0.2) is 0 Å². The minimum Gasteiger partial charge on any atom is -0.321 e. The lowest BCUT2D eigenvalue weighted by Gasteiger charge is -2.03. The van der Waals surface area contributed by atoms with Crippen molar-refractivity contribution in [2.24, 2.45) is 0 Å². The van der Waals surface area contributed by atoms with Crippen LogP contribution in [-0.4, -0.2) is 21.4 Å². The van der Waals surface area contributed by atoms with Crippen molar-refractivity contribution in [3.05, 3.63) is 12.2 Å². The van der Waals surface area contributed by atoms with Crippen molar-refractivity contribution >= 4 is 12.6 Å². The maximum absolute atomic E-state index is 8.98. The van der Waals surface area contributed by atoms with Gasteiger partial charge in [0.05, 0.1) is 0 Å². The molecule has 0 aromatic carbocycles. The van der Waals surface area contributed by atoms with Gasteiger partial charge in [0.15, 0.2) is 6.54 Å². The average Bonchev–Trinajstić information content (AvgIpc) is 1.86. The second-order valence-corrected chi connectivity index (χ2v) is 2.36. The van der Waals surface area contributed by atoms with Crippen LogP contribution in [0.1, 0.15) is 0 Å². The number of nitrogens with zero attached hydrogens (tertiary/aromatic N) is 1. The van der Waals surface area contributed by atoms with Gasteiger partial charge in [0, 0.05) is 6.08 Å². The summed E-state index contributed by atoms with van der Waals surface area (Å²) in [5.74, 6) is 0. The van der Waals surface area contributed by atoms with Crippen LogP contribution in [0.15, 0.2) is 12.2 Å². The maximum Gasteiger partial charge on any atom is 0.355 e. The first-order chi connectivity index (χ1) is 3.63. The second kappa shape index (κ2) is 1.56. The van der Waals surface area contributed by atoms with Crippen LogP contribution in [0, 0.1) is 5.53 Å². The number of hydrogen-bond acceptors (Lipinski definition) is 3. The van der Waals surface area contributed by atoms with E-state index in [1.807, 2.05) is 0 Å². The predicted molar refractivity (Wildman–Crippen MR) is 30.9 cm³/mol. The van der Waals surface area contributed by atoms with Gasteiger partial charge in [0.2, 0.25) is 0 Å². The van der Waals surface area contributed by atoms with Crippen molar-refractivity contribution < 1.29 is 9.80 Å². The van der Waals surface area contributed by atoms with Crippen LogP contribution in [0.2, 0.25) is 0 Å². The first-order valence-electron chi connectivity index (χ1n) is 2.24. The third kappa shape index (κ3) is 0.763. The maximum atomic E-state index is 8.98. The fourth-order valence-corrected chi connectivity index (χ4v) is 0.728. The minimum absolute atomic E-state index is 0.444. The number of hydrogen-bond donors (Lipinski definition) is 3. The first kappa shape index (κ1) is 5.78. The van der Waals surface area contributed by atoms with Crippen LogP contribution in [0.25, 0.3) is 0 Å². The molecule has 0 saturated heterocycles. The molecule has 1 aliphatic rings. The lowest BCUT2D eigenvalue weighted by atomic mass is 10.5. The summed E-state index contributed by atoms with van der Waals surface area (Å²) in [7, 11) is 0. The molecule has 0 radical (unpaired) electrons. The van der Waals surface area contributed by atoms with Crippen molar-refractivity contribution in [2.75, 3.05) is 6.54 Å². The molecule has 3 nitrogen and oxygen atoms in total. The van der Waals surface area contributed by atoms with Crippen molar-refractivity contribution in [3.8, 4) is 0 Å². The molecule has 0 spiro atoms. The number of nitrogens with one attached hydrogen (secondary N) is 1. The topological polar surface area (TPSA) is 47.1 Å². The zero-order chi connectivity index (χ0) is 6.20. The summed E-state index contributed by atoms with van der Waals surface area (Å²) < 4.78 is 0.982. The predicted octanol–water partition coefficient (Wildman–Crippen LogP) is 0.176. The minimum atomic E-state index is -1.33. The summed E-state index contributed by atoms with van der Waals surface area (Å²) in [5, 5.41) is 7.65. The Morgan fingerprint density at radius 1 is 1.88 bits per heavy atom. The Morgan fingerprint density at radius 2 is 2.50 bits per heavy atom. The lowest BCUT2D eigenvalue weighted by molar-refractivity contribution is -0.671. The molecule has 0 aromatic rings. The molecule has 1 aliphatic heterocycles. The number of thiol groups is 1. The van der Waals surface area contributed by atoms with Crippen LogP contribution in [-0.2, 0) is 0 Å². The normalized spacial score (nSPS) is 36.5. The standard InChI is InChI=1S/C4H6N2OS/c5-6-3-1-2-4(6,7)8/h1-2,5,7H,3H2/p+1. The molecule has 8 heavy (non-hydrogen) atoms. The Labute approximate surface area is 52.5 Å². The molecule has 1 rings (SSSR count). The molecule has 4 heteroatoms. The highest BCUT2D eigenvalue weighted by atomic mass is 32.1. The van der Waals surface area contributed by atoms with E-state index in [2.05, 4.69) is 12.6 Å². The molecule has 1 heterocycles. The van der Waals surface area contributed by atoms with E-state index >= 15 is 0 Å². The van der Waals surface area contributed by atoms with Crippen molar-refractivity contribution in [1.82, 2.24) is 0 Å². The van der Waals surface area contributed by atoms with Gasteiger partial charge >= 0.3 is 5.06 Å². The highest BCUT2D eigenvalue weighted by Crippen LogP contribution is 2.17. The molecule has 0 aliphatic carbocycles. The molecule has 0 saturated carbocycles. The highest BCUT2D eigenvalue weighted by Gasteiger charge is 2.35. The second-order valence-electron chi connectivity index (χ2n) is 1.70. The van der Waals surface area contributed by atoms with E-state index in [-0.39, 0.29) is 0 Å². The molecule has 44 valence electrons. The van der Waals surface area contributed by atoms with Crippen molar-refractivity contribution in [3.63, 3.8) is 0 Å². The zero-order valence-electron chi connectivity index (χ0n) is 4.20. The number of aliphatic hydroxyl groups is 1. The molecular weight excluding hydrogens is 124 g/mol. The van der Waals surface area contributed by atoms with E-state index in [0.29, 0.717) is 6.54 Å². The Bertz CT molecular complexity index is 152. The van der Waals surface area contributed by atoms with Crippen LogP contribution >= 0.6 is 12.6 Å². The van der Waals surface area contributed by atoms with Crippen LogP contribution in [0.4, 0.5) is 0 Å². The Balaban J connectivity index is 2.82. The van der Waals surface area contributed by atoms with Gasteiger partial charge in [-0.1, -0.05) is 22.9 Å². The van der Waals surface area contributed by atoms with E-state index in [0.717, 1.165) is 4.70 Å². The zero-order valence-corrected chi connectivity index (χ0v) is 5.10. The summed E-state index contributed by atoms with van der Waals surface area (Å²) in [6.45, 7) is 0.444. The third-order valence-corrected chi connectivity index (χ3v) is 1.42. The van der Waals surface area contributed by atoms with E-state index < -0.39 is 5.06 Å². The molecule has 0 amide bonds. The van der Waals surface area contributed by atoms with Gasteiger partial charge in [-0.15, -0.1) is 0 Å². The smallest absolute Gasteiger partial charge is 0.321 e. The van der Waals surface area contributed by atoms with Gasteiger partial charge in [-0.05, 0) is 6.08 Å². The summed E-state index contributed by atoms with van der Waals surface area (Å²) >= 11 is 3.75. The summed E-state index contributed by atoms with van der Waals surface area (Å²) in [5.41, 5.74) is 6.98. The average molecular weight is 131 g/mol.